The molecule has 0 aliphatic rings. The van der Waals surface area contributed by atoms with E-state index in [1.54, 1.807) is 12.5 Å². The summed E-state index contributed by atoms with van der Waals surface area (Å²) in [7, 11) is 1.94. The van der Waals surface area contributed by atoms with Crippen molar-refractivity contribution in [1.82, 2.24) is 9.55 Å². The van der Waals surface area contributed by atoms with Crippen molar-refractivity contribution < 1.29 is 19.8 Å². The summed E-state index contributed by atoms with van der Waals surface area (Å²) in [5.41, 5.74) is -0.303. The first-order chi connectivity index (χ1) is 6.93. The van der Waals surface area contributed by atoms with E-state index in [2.05, 4.69) is 11.6 Å². The lowest BCUT2D eigenvalue weighted by atomic mass is 10.2. The Hall–Kier alpha value is -2.11. The fourth-order valence-corrected chi connectivity index (χ4v) is 0.584. The van der Waals surface area contributed by atoms with Gasteiger partial charge in [-0.15, -0.1) is 0 Å². The molecule has 0 unspecified atom stereocenters. The molecular formula is C9H12N2O4. The maximum absolute atomic E-state index is 9.87. The molecule has 2 N–H and O–H groups in total. The van der Waals surface area contributed by atoms with Gasteiger partial charge in [0, 0.05) is 25.0 Å². The summed E-state index contributed by atoms with van der Waals surface area (Å²) >= 11 is 0. The highest BCUT2D eigenvalue weighted by Gasteiger charge is 2.07. The van der Waals surface area contributed by atoms with Gasteiger partial charge in [-0.25, -0.2) is 9.78 Å². The van der Waals surface area contributed by atoms with Crippen LogP contribution in [0.2, 0.25) is 0 Å². The lowest BCUT2D eigenvalue weighted by molar-refractivity contribution is -0.139. The van der Waals surface area contributed by atoms with Gasteiger partial charge in [0.2, 0.25) is 0 Å². The monoisotopic (exact) mass is 212 g/mol. The molecule has 0 fully saturated rings. The van der Waals surface area contributed by atoms with E-state index >= 15 is 0 Å². The Kier molecular flexibility index (Phi) is 5.47. The predicted octanol–water partition coefficient (Wildman–Crippen LogP) is 0.522. The molecule has 1 heterocycles. The van der Waals surface area contributed by atoms with Gasteiger partial charge in [0.05, 0.1) is 12.7 Å². The van der Waals surface area contributed by atoms with Gasteiger partial charge < -0.3 is 14.8 Å². The van der Waals surface area contributed by atoms with Crippen LogP contribution in [-0.2, 0) is 16.6 Å². The molecule has 1 aromatic rings. The molecule has 0 atom stereocenters. The number of nitrogens with zero attached hydrogens (tertiary/aromatic N) is 2. The van der Waals surface area contributed by atoms with Crippen LogP contribution in [0.4, 0.5) is 0 Å². The molecular weight excluding hydrogens is 200 g/mol. The first kappa shape index (κ1) is 12.9. The number of imidazole rings is 1. The van der Waals surface area contributed by atoms with E-state index in [-0.39, 0.29) is 5.57 Å². The fourth-order valence-electron chi connectivity index (χ4n) is 0.584. The van der Waals surface area contributed by atoms with E-state index in [0.717, 1.165) is 0 Å². The number of hydrogen-bond acceptors (Lipinski definition) is 3. The van der Waals surface area contributed by atoms with Gasteiger partial charge in [-0.2, -0.15) is 0 Å². The summed E-state index contributed by atoms with van der Waals surface area (Å²) < 4.78 is 1.89. The summed E-state index contributed by atoms with van der Waals surface area (Å²) in [4.78, 5) is 23.4. The normalized spacial score (nSPS) is 8.60. The summed E-state index contributed by atoms with van der Waals surface area (Å²) in [5.74, 6) is -2.44. The van der Waals surface area contributed by atoms with Crippen LogP contribution >= 0.6 is 0 Å². The average molecular weight is 212 g/mol. The van der Waals surface area contributed by atoms with Crippen LogP contribution in [0.1, 0.15) is 6.42 Å². The molecule has 0 saturated heterocycles. The number of carboxylic acids is 2. The molecule has 1 rings (SSSR count). The van der Waals surface area contributed by atoms with Gasteiger partial charge in [0.1, 0.15) is 0 Å². The van der Waals surface area contributed by atoms with Gasteiger partial charge in [0.15, 0.2) is 0 Å². The van der Waals surface area contributed by atoms with Gasteiger partial charge in [0.25, 0.3) is 0 Å². The summed E-state index contributed by atoms with van der Waals surface area (Å²) in [6.07, 6.45) is 4.88. The SMILES string of the molecule is C=C(CC(=O)O)C(=O)O.Cn1ccnc1. The highest BCUT2D eigenvalue weighted by molar-refractivity contribution is 5.91. The standard InChI is InChI=1S/C5H6O4.C4H6N2/c1-3(5(8)9)2-4(6)7;1-6-3-2-5-4-6/h1-2H2,(H,6,7)(H,8,9);2-4H,1H3. The van der Waals surface area contributed by atoms with Crippen LogP contribution in [0, 0.1) is 0 Å². The average Bonchev–Trinajstić information content (AvgIpc) is 2.55. The minimum Gasteiger partial charge on any atom is -0.481 e. The van der Waals surface area contributed by atoms with Crippen molar-refractivity contribution in [2.24, 2.45) is 7.05 Å². The number of aryl methyl sites for hydroxylation is 1. The minimum atomic E-state index is -1.27. The molecule has 0 aromatic carbocycles. The van der Waals surface area contributed by atoms with Crippen molar-refractivity contribution in [2.75, 3.05) is 0 Å². The van der Waals surface area contributed by atoms with E-state index in [4.69, 9.17) is 10.2 Å². The lowest BCUT2D eigenvalue weighted by Crippen LogP contribution is -2.04. The number of carbonyl (C=O) groups is 2. The summed E-state index contributed by atoms with van der Waals surface area (Å²) in [6.45, 7) is 3.01. The van der Waals surface area contributed by atoms with Gasteiger partial charge >= 0.3 is 11.9 Å². The Balaban J connectivity index is 0.000000280. The van der Waals surface area contributed by atoms with Gasteiger partial charge in [-0.05, 0) is 0 Å². The zero-order valence-electron chi connectivity index (χ0n) is 8.25. The molecule has 82 valence electrons. The molecule has 6 nitrogen and oxygen atoms in total. The second-order valence-electron chi connectivity index (χ2n) is 2.71. The third-order valence-corrected chi connectivity index (χ3v) is 1.30. The molecule has 0 saturated carbocycles. The van der Waals surface area contributed by atoms with Crippen molar-refractivity contribution in [1.29, 1.82) is 0 Å². The lowest BCUT2D eigenvalue weighted by Gasteiger charge is -1.91. The van der Waals surface area contributed by atoms with Crippen LogP contribution in [0.3, 0.4) is 0 Å². The van der Waals surface area contributed by atoms with E-state index in [1.807, 2.05) is 17.8 Å². The van der Waals surface area contributed by atoms with Gasteiger partial charge in [-0.1, -0.05) is 6.58 Å². The second kappa shape index (κ2) is 6.36. The highest BCUT2D eigenvalue weighted by Crippen LogP contribution is 1.95. The number of hydrogen-bond donors (Lipinski definition) is 2. The van der Waals surface area contributed by atoms with Crippen molar-refractivity contribution in [3.8, 4) is 0 Å². The van der Waals surface area contributed by atoms with E-state index in [0.29, 0.717) is 0 Å². The number of aliphatic carboxylic acids is 2. The van der Waals surface area contributed by atoms with Crippen molar-refractivity contribution in [3.63, 3.8) is 0 Å². The molecule has 6 heteroatoms. The molecule has 0 radical (unpaired) electrons. The van der Waals surface area contributed by atoms with Crippen LogP contribution in [0.5, 0.6) is 0 Å². The van der Waals surface area contributed by atoms with Crippen molar-refractivity contribution in [3.05, 3.63) is 30.9 Å². The van der Waals surface area contributed by atoms with Crippen LogP contribution in [0.15, 0.2) is 30.9 Å². The van der Waals surface area contributed by atoms with E-state index in [1.165, 1.54) is 0 Å². The summed E-state index contributed by atoms with van der Waals surface area (Å²) in [5, 5.41) is 16.1. The number of carboxylic acid groups (broad SMARTS) is 2. The Morgan fingerprint density at radius 1 is 1.47 bits per heavy atom. The van der Waals surface area contributed by atoms with E-state index in [9.17, 15) is 9.59 Å². The zero-order chi connectivity index (χ0) is 11.8. The first-order valence-electron chi connectivity index (χ1n) is 3.98. The third-order valence-electron chi connectivity index (χ3n) is 1.30. The maximum Gasteiger partial charge on any atom is 0.331 e. The smallest absolute Gasteiger partial charge is 0.331 e. The topological polar surface area (TPSA) is 92.4 Å². The molecule has 0 amide bonds. The Bertz CT molecular complexity index is 343. The molecule has 0 spiro atoms. The Labute approximate surface area is 86.5 Å². The highest BCUT2D eigenvalue weighted by atomic mass is 16.4. The largest absolute Gasteiger partial charge is 0.481 e. The molecule has 15 heavy (non-hydrogen) atoms. The van der Waals surface area contributed by atoms with Crippen molar-refractivity contribution >= 4 is 11.9 Å². The summed E-state index contributed by atoms with van der Waals surface area (Å²) in [6, 6.07) is 0. The minimum absolute atomic E-state index is 0.303. The first-order valence-corrected chi connectivity index (χ1v) is 3.98. The molecule has 1 aromatic heterocycles. The van der Waals surface area contributed by atoms with Crippen molar-refractivity contribution in [2.45, 2.75) is 6.42 Å². The quantitative estimate of drug-likeness (QED) is 0.712. The fraction of sp³-hybridized carbons (Fsp3) is 0.222. The second-order valence-corrected chi connectivity index (χ2v) is 2.71. The Morgan fingerprint density at radius 3 is 2.20 bits per heavy atom. The molecule has 0 bridgehead atoms. The Morgan fingerprint density at radius 2 is 2.07 bits per heavy atom. The third kappa shape index (κ3) is 7.00. The van der Waals surface area contributed by atoms with Gasteiger partial charge in [-0.3, -0.25) is 4.79 Å². The zero-order valence-corrected chi connectivity index (χ0v) is 8.25. The van der Waals surface area contributed by atoms with Crippen LogP contribution in [0.25, 0.3) is 0 Å². The number of aromatic nitrogens is 2. The van der Waals surface area contributed by atoms with Crippen LogP contribution in [-0.4, -0.2) is 31.7 Å². The predicted molar refractivity (Wildman–Crippen MR) is 52.2 cm³/mol. The van der Waals surface area contributed by atoms with Crippen LogP contribution < -0.4 is 0 Å². The molecule has 0 aliphatic heterocycles. The maximum atomic E-state index is 9.87. The molecule has 0 aliphatic carbocycles. The number of rotatable bonds is 3. The van der Waals surface area contributed by atoms with E-state index < -0.39 is 18.4 Å².